The van der Waals surface area contributed by atoms with Crippen LogP contribution in [0.2, 0.25) is 5.02 Å². The molecule has 176 valence electrons. The SMILES string of the molecule is CCOc1ccc2oc(C(=O)N/N=C/c3c(C)n(Cc4ccc(Cl)cc4)c4ccccc34)cc2c1. The highest BCUT2D eigenvalue weighted by atomic mass is 35.5. The van der Waals surface area contributed by atoms with E-state index in [0.717, 1.165) is 38.9 Å². The van der Waals surface area contributed by atoms with E-state index in [1.165, 1.54) is 0 Å². The van der Waals surface area contributed by atoms with Crippen molar-refractivity contribution in [3.05, 3.63) is 100 Å². The van der Waals surface area contributed by atoms with Gasteiger partial charge in [0.2, 0.25) is 0 Å². The van der Waals surface area contributed by atoms with E-state index in [9.17, 15) is 4.79 Å². The minimum atomic E-state index is -0.419. The Labute approximate surface area is 207 Å². The van der Waals surface area contributed by atoms with Crippen LogP contribution in [0.15, 0.2) is 82.3 Å². The predicted octanol–water partition coefficient (Wildman–Crippen LogP) is 6.56. The summed E-state index contributed by atoms with van der Waals surface area (Å²) in [6.45, 7) is 5.24. The number of rotatable bonds is 7. The number of para-hydroxylation sites is 1. The molecule has 0 fully saturated rings. The van der Waals surface area contributed by atoms with Gasteiger partial charge in [0, 0.05) is 39.1 Å². The number of hydrogen-bond donors (Lipinski definition) is 1. The lowest BCUT2D eigenvalue weighted by atomic mass is 10.1. The molecule has 0 saturated carbocycles. The molecular formula is C28H24ClN3O3. The maximum absolute atomic E-state index is 12.7. The Balaban J connectivity index is 1.38. The fourth-order valence-corrected chi connectivity index (χ4v) is 4.32. The number of hydrazone groups is 1. The number of carbonyl (C=O) groups excluding carboxylic acids is 1. The fourth-order valence-electron chi connectivity index (χ4n) is 4.20. The largest absolute Gasteiger partial charge is 0.494 e. The van der Waals surface area contributed by atoms with Crippen LogP contribution in [0.1, 0.15) is 34.3 Å². The van der Waals surface area contributed by atoms with E-state index < -0.39 is 5.91 Å². The van der Waals surface area contributed by atoms with E-state index in [1.807, 2.05) is 62.4 Å². The van der Waals surface area contributed by atoms with Gasteiger partial charge in [-0.1, -0.05) is 41.9 Å². The molecule has 0 aliphatic carbocycles. The van der Waals surface area contributed by atoms with Crippen molar-refractivity contribution in [1.29, 1.82) is 0 Å². The number of carbonyl (C=O) groups is 1. The predicted molar refractivity (Wildman–Crippen MR) is 140 cm³/mol. The van der Waals surface area contributed by atoms with Crippen LogP contribution < -0.4 is 10.2 Å². The summed E-state index contributed by atoms with van der Waals surface area (Å²) >= 11 is 6.04. The molecule has 0 aliphatic rings. The van der Waals surface area contributed by atoms with Crippen LogP contribution in [0.25, 0.3) is 21.9 Å². The first-order valence-electron chi connectivity index (χ1n) is 11.4. The Kier molecular flexibility index (Phi) is 6.29. The normalized spacial score (nSPS) is 11.5. The number of hydrogen-bond acceptors (Lipinski definition) is 4. The zero-order valence-corrected chi connectivity index (χ0v) is 20.2. The Morgan fingerprint density at radius 3 is 2.71 bits per heavy atom. The Morgan fingerprint density at radius 1 is 1.11 bits per heavy atom. The van der Waals surface area contributed by atoms with Gasteiger partial charge in [0.25, 0.3) is 0 Å². The molecule has 0 saturated heterocycles. The van der Waals surface area contributed by atoms with Gasteiger partial charge in [-0.3, -0.25) is 4.79 Å². The van der Waals surface area contributed by atoms with Gasteiger partial charge >= 0.3 is 5.91 Å². The lowest BCUT2D eigenvalue weighted by molar-refractivity contribution is 0.0929. The van der Waals surface area contributed by atoms with Gasteiger partial charge in [0.05, 0.1) is 12.8 Å². The number of furan rings is 1. The molecular weight excluding hydrogens is 462 g/mol. The summed E-state index contributed by atoms with van der Waals surface area (Å²) in [5.74, 6) is 0.502. The molecule has 0 radical (unpaired) electrons. The van der Waals surface area contributed by atoms with Gasteiger partial charge in [-0.25, -0.2) is 5.43 Å². The average Bonchev–Trinajstić information content (AvgIpc) is 3.40. The number of halogens is 1. The number of aromatic nitrogens is 1. The third-order valence-electron chi connectivity index (χ3n) is 5.92. The molecule has 5 rings (SSSR count). The Morgan fingerprint density at radius 2 is 1.91 bits per heavy atom. The Bertz CT molecular complexity index is 1550. The molecule has 5 aromatic rings. The molecule has 35 heavy (non-hydrogen) atoms. The third-order valence-corrected chi connectivity index (χ3v) is 6.17. The first-order valence-corrected chi connectivity index (χ1v) is 11.7. The van der Waals surface area contributed by atoms with Gasteiger partial charge in [-0.2, -0.15) is 5.10 Å². The van der Waals surface area contributed by atoms with E-state index in [2.05, 4.69) is 27.2 Å². The van der Waals surface area contributed by atoms with Gasteiger partial charge < -0.3 is 13.7 Å². The summed E-state index contributed by atoms with van der Waals surface area (Å²) in [5, 5.41) is 6.81. The molecule has 1 amide bonds. The minimum absolute atomic E-state index is 0.188. The molecule has 0 spiro atoms. The molecule has 6 nitrogen and oxygen atoms in total. The van der Waals surface area contributed by atoms with Gasteiger partial charge in [0.1, 0.15) is 11.3 Å². The minimum Gasteiger partial charge on any atom is -0.494 e. The third kappa shape index (κ3) is 4.66. The first kappa shape index (κ1) is 22.7. The van der Waals surface area contributed by atoms with Crippen molar-refractivity contribution in [2.75, 3.05) is 6.61 Å². The number of nitrogens with one attached hydrogen (secondary N) is 1. The lowest BCUT2D eigenvalue weighted by Crippen LogP contribution is -2.16. The topological polar surface area (TPSA) is 68.8 Å². The molecule has 3 aromatic carbocycles. The van der Waals surface area contributed by atoms with Crippen molar-refractivity contribution < 1.29 is 13.9 Å². The number of ether oxygens (including phenoxy) is 1. The molecule has 1 N–H and O–H groups in total. The molecule has 0 atom stereocenters. The zero-order chi connectivity index (χ0) is 24.4. The van der Waals surface area contributed by atoms with E-state index in [4.69, 9.17) is 20.8 Å². The maximum atomic E-state index is 12.7. The summed E-state index contributed by atoms with van der Waals surface area (Å²) in [4.78, 5) is 12.7. The highest BCUT2D eigenvalue weighted by Gasteiger charge is 2.15. The van der Waals surface area contributed by atoms with E-state index >= 15 is 0 Å². The van der Waals surface area contributed by atoms with Gasteiger partial charge in [-0.15, -0.1) is 0 Å². The smallest absolute Gasteiger partial charge is 0.307 e. The summed E-state index contributed by atoms with van der Waals surface area (Å²) in [6.07, 6.45) is 1.68. The first-order chi connectivity index (χ1) is 17.0. The van der Waals surface area contributed by atoms with Crippen LogP contribution in [0.5, 0.6) is 5.75 Å². The Hall–Kier alpha value is -4.03. The van der Waals surface area contributed by atoms with Crippen LogP contribution in [0, 0.1) is 6.92 Å². The summed E-state index contributed by atoms with van der Waals surface area (Å²) in [6, 6.07) is 23.1. The second-order valence-corrected chi connectivity index (χ2v) is 8.61. The van der Waals surface area contributed by atoms with Crippen LogP contribution in [-0.2, 0) is 6.54 Å². The second-order valence-electron chi connectivity index (χ2n) is 8.17. The summed E-state index contributed by atoms with van der Waals surface area (Å²) in [7, 11) is 0. The standard InChI is InChI=1S/C28H24ClN3O3/c1-3-34-22-12-13-26-20(14-22)15-27(35-26)28(33)31-30-16-24-18(2)32(25-7-5-4-6-23(24)25)17-19-8-10-21(29)11-9-19/h4-16H,3,17H2,1-2H3,(H,31,33)/b30-16+. The van der Waals surface area contributed by atoms with Crippen LogP contribution in [0.3, 0.4) is 0 Å². The molecule has 2 aromatic heterocycles. The van der Waals surface area contributed by atoms with Crippen molar-refractivity contribution in [2.24, 2.45) is 5.10 Å². The van der Waals surface area contributed by atoms with Crippen molar-refractivity contribution in [3.8, 4) is 5.75 Å². The van der Waals surface area contributed by atoms with Crippen molar-refractivity contribution in [3.63, 3.8) is 0 Å². The fraction of sp³-hybridized carbons (Fsp3) is 0.143. The molecule has 0 unspecified atom stereocenters. The van der Waals surface area contributed by atoms with Crippen LogP contribution >= 0.6 is 11.6 Å². The molecule has 2 heterocycles. The lowest BCUT2D eigenvalue weighted by Gasteiger charge is -2.09. The summed E-state index contributed by atoms with van der Waals surface area (Å²) in [5.41, 5.74) is 7.43. The number of nitrogens with zero attached hydrogens (tertiary/aromatic N) is 2. The van der Waals surface area contributed by atoms with Gasteiger partial charge in [0.15, 0.2) is 5.76 Å². The number of amides is 1. The van der Waals surface area contributed by atoms with Crippen LogP contribution in [-0.4, -0.2) is 23.3 Å². The number of fused-ring (bicyclic) bond motifs is 2. The second kappa shape index (κ2) is 9.68. The van der Waals surface area contributed by atoms with Crippen molar-refractivity contribution >= 4 is 45.6 Å². The van der Waals surface area contributed by atoms with E-state index in [1.54, 1.807) is 18.3 Å². The monoisotopic (exact) mass is 485 g/mol. The van der Waals surface area contributed by atoms with Crippen LogP contribution in [0.4, 0.5) is 0 Å². The molecule has 0 bridgehead atoms. The average molecular weight is 486 g/mol. The van der Waals surface area contributed by atoms with Crippen molar-refractivity contribution in [1.82, 2.24) is 9.99 Å². The van der Waals surface area contributed by atoms with Crippen molar-refractivity contribution in [2.45, 2.75) is 20.4 Å². The summed E-state index contributed by atoms with van der Waals surface area (Å²) < 4.78 is 13.4. The molecule has 7 heteroatoms. The highest BCUT2D eigenvalue weighted by Crippen LogP contribution is 2.27. The highest BCUT2D eigenvalue weighted by molar-refractivity contribution is 6.30. The quantitative estimate of drug-likeness (QED) is 0.209. The number of benzene rings is 3. The van der Waals surface area contributed by atoms with Gasteiger partial charge in [-0.05, 0) is 61.9 Å². The zero-order valence-electron chi connectivity index (χ0n) is 19.4. The molecule has 0 aliphatic heterocycles. The van der Waals surface area contributed by atoms with E-state index in [-0.39, 0.29) is 5.76 Å². The van der Waals surface area contributed by atoms with E-state index in [0.29, 0.717) is 23.8 Å². The maximum Gasteiger partial charge on any atom is 0.307 e.